The van der Waals surface area contributed by atoms with Crippen molar-refractivity contribution in [1.82, 2.24) is 9.97 Å². The summed E-state index contributed by atoms with van der Waals surface area (Å²) in [4.78, 5) is 20.9. The first-order valence-corrected chi connectivity index (χ1v) is 8.07. The molecule has 0 unspecified atom stereocenters. The predicted octanol–water partition coefficient (Wildman–Crippen LogP) is 0.848. The molecule has 0 aliphatic carbocycles. The van der Waals surface area contributed by atoms with Crippen LogP contribution in [0.4, 0.5) is 0 Å². The molecule has 0 saturated carbocycles. The second-order valence-corrected chi connectivity index (χ2v) is 5.78. The molecule has 2 aromatic rings. The smallest absolute Gasteiger partial charge is 0.315 e. The molecule has 0 aliphatic rings. The Labute approximate surface area is 137 Å². The molecule has 0 aliphatic heterocycles. The number of aromatic carboxylic acids is 1. The Kier molecular flexibility index (Phi) is 6.05. The monoisotopic (exact) mass is 336 g/mol. The van der Waals surface area contributed by atoms with E-state index in [0.717, 1.165) is 49.0 Å². The van der Waals surface area contributed by atoms with Crippen molar-refractivity contribution in [2.45, 2.75) is 30.8 Å². The van der Waals surface area contributed by atoms with E-state index < -0.39 is 5.97 Å². The highest BCUT2D eigenvalue weighted by molar-refractivity contribution is 7.96. The molecule has 22 heavy (non-hydrogen) atoms. The SMILES string of the molecule is NSc1nc(CCCCc2ccc(C(=O)[O-])cc2)[nH]c(=S)[nH+]1. The maximum Gasteiger partial charge on any atom is 0.315 e. The molecule has 116 valence electrons. The molecule has 0 atom stereocenters. The number of H-pyrrole nitrogens is 2. The quantitative estimate of drug-likeness (QED) is 0.441. The number of aromatic amines is 2. The third kappa shape index (κ3) is 4.90. The van der Waals surface area contributed by atoms with Crippen molar-refractivity contribution in [1.29, 1.82) is 0 Å². The summed E-state index contributed by atoms with van der Waals surface area (Å²) in [6.07, 6.45) is 3.57. The van der Waals surface area contributed by atoms with Gasteiger partial charge in [-0.25, -0.2) is 9.97 Å². The first kappa shape index (κ1) is 16.6. The Hall–Kier alpha value is -1.77. The minimum absolute atomic E-state index is 0.202. The van der Waals surface area contributed by atoms with E-state index in [4.69, 9.17) is 17.4 Å². The lowest BCUT2D eigenvalue weighted by Gasteiger charge is -2.04. The van der Waals surface area contributed by atoms with Crippen molar-refractivity contribution in [3.63, 3.8) is 0 Å². The van der Waals surface area contributed by atoms with Gasteiger partial charge in [0.2, 0.25) is 5.82 Å². The average Bonchev–Trinajstić information content (AvgIpc) is 2.51. The van der Waals surface area contributed by atoms with E-state index in [0.29, 0.717) is 9.93 Å². The number of hydrogen-bond donors (Lipinski definition) is 2. The maximum atomic E-state index is 10.7. The summed E-state index contributed by atoms with van der Waals surface area (Å²) < 4.78 is 0.510. The number of nitrogens with one attached hydrogen (secondary N) is 2. The Morgan fingerprint density at radius 3 is 2.64 bits per heavy atom. The van der Waals surface area contributed by atoms with Gasteiger partial charge in [-0.1, -0.05) is 29.2 Å². The number of carboxylic acid groups (broad SMARTS) is 1. The number of unbranched alkanes of at least 4 members (excludes halogenated alkanes) is 1. The fourth-order valence-corrected chi connectivity index (χ4v) is 2.64. The topological polar surface area (TPSA) is 109 Å². The summed E-state index contributed by atoms with van der Waals surface area (Å²) in [5, 5.41) is 16.7. The lowest BCUT2D eigenvalue weighted by molar-refractivity contribution is -0.447. The molecule has 1 heterocycles. The van der Waals surface area contributed by atoms with Crippen molar-refractivity contribution < 1.29 is 14.9 Å². The van der Waals surface area contributed by atoms with Crippen LogP contribution in [0.15, 0.2) is 29.4 Å². The zero-order valence-corrected chi connectivity index (χ0v) is 13.4. The van der Waals surface area contributed by atoms with E-state index in [-0.39, 0.29) is 5.56 Å². The number of hydrogen-bond acceptors (Lipinski definition) is 6. The van der Waals surface area contributed by atoms with Gasteiger partial charge < -0.3 is 9.90 Å². The number of aryl methyl sites for hydroxylation is 2. The van der Waals surface area contributed by atoms with E-state index in [1.54, 1.807) is 12.1 Å². The van der Waals surface area contributed by atoms with Crippen molar-refractivity contribution >= 4 is 30.1 Å². The lowest BCUT2D eigenvalue weighted by atomic mass is 10.1. The fourth-order valence-electron chi connectivity index (χ4n) is 2.04. The molecule has 0 bridgehead atoms. The van der Waals surface area contributed by atoms with Gasteiger partial charge in [-0.2, -0.15) is 0 Å². The minimum atomic E-state index is -1.15. The number of benzene rings is 1. The summed E-state index contributed by atoms with van der Waals surface area (Å²) in [7, 11) is 0. The number of aromatic nitrogens is 3. The highest BCUT2D eigenvalue weighted by Gasteiger charge is 2.08. The normalized spacial score (nSPS) is 10.6. The third-order valence-corrected chi connectivity index (χ3v) is 3.77. The Morgan fingerprint density at radius 2 is 2.00 bits per heavy atom. The van der Waals surface area contributed by atoms with Gasteiger partial charge in [0.25, 0.3) is 4.77 Å². The molecule has 4 N–H and O–H groups in total. The predicted molar refractivity (Wildman–Crippen MR) is 83.4 cm³/mol. The molecule has 6 nitrogen and oxygen atoms in total. The zero-order valence-electron chi connectivity index (χ0n) is 11.8. The van der Waals surface area contributed by atoms with Crippen molar-refractivity contribution in [3.8, 4) is 0 Å². The summed E-state index contributed by atoms with van der Waals surface area (Å²) in [5.74, 6) is -0.341. The molecule has 2 rings (SSSR count). The van der Waals surface area contributed by atoms with Crippen LogP contribution < -0.4 is 15.2 Å². The summed E-state index contributed by atoms with van der Waals surface area (Å²) >= 11 is 6.10. The molecule has 0 saturated heterocycles. The second kappa shape index (κ2) is 8.02. The first-order chi connectivity index (χ1) is 10.6. The van der Waals surface area contributed by atoms with Crippen LogP contribution in [-0.2, 0) is 12.8 Å². The van der Waals surface area contributed by atoms with E-state index >= 15 is 0 Å². The number of nitrogens with zero attached hydrogens (tertiary/aromatic N) is 1. The van der Waals surface area contributed by atoms with Crippen molar-refractivity contribution in [2.24, 2.45) is 5.14 Å². The van der Waals surface area contributed by atoms with Gasteiger partial charge in [0.15, 0.2) is 0 Å². The van der Waals surface area contributed by atoms with Crippen LogP contribution in [-0.4, -0.2) is 15.9 Å². The van der Waals surface area contributed by atoms with E-state index in [2.05, 4.69) is 15.0 Å². The molecule has 0 radical (unpaired) electrons. The van der Waals surface area contributed by atoms with E-state index in [1.165, 1.54) is 0 Å². The maximum absolute atomic E-state index is 10.7. The van der Waals surface area contributed by atoms with Crippen molar-refractivity contribution in [2.75, 3.05) is 0 Å². The van der Waals surface area contributed by atoms with Gasteiger partial charge >= 0.3 is 5.16 Å². The lowest BCUT2D eigenvalue weighted by Crippen LogP contribution is -2.21. The second-order valence-electron chi connectivity index (χ2n) is 4.75. The number of carboxylic acids is 1. The van der Waals surface area contributed by atoms with E-state index in [1.807, 2.05) is 12.1 Å². The van der Waals surface area contributed by atoms with Crippen LogP contribution >= 0.6 is 24.2 Å². The van der Waals surface area contributed by atoms with Gasteiger partial charge in [-0.05, 0) is 42.6 Å². The van der Waals surface area contributed by atoms with Gasteiger partial charge in [0, 0.05) is 18.4 Å². The summed E-state index contributed by atoms with van der Waals surface area (Å²) in [5.41, 5.74) is 1.30. The summed E-state index contributed by atoms with van der Waals surface area (Å²) in [6.45, 7) is 0. The van der Waals surface area contributed by atoms with Crippen LogP contribution in [0.5, 0.6) is 0 Å². The van der Waals surface area contributed by atoms with Crippen molar-refractivity contribution in [3.05, 3.63) is 46.0 Å². The standard InChI is InChI=1S/C14H16N4O2S2/c15-22-14-17-11(16-13(21)18-14)4-2-1-3-9-5-7-10(8-6-9)12(19)20/h5-8H,1-4,15H2,(H,19,20)(H,16,17,18,21). The Morgan fingerprint density at radius 1 is 1.32 bits per heavy atom. The minimum Gasteiger partial charge on any atom is -0.545 e. The largest absolute Gasteiger partial charge is 0.545 e. The number of carbonyl (C=O) groups is 1. The van der Waals surface area contributed by atoms with Crippen LogP contribution in [0.1, 0.15) is 34.6 Å². The zero-order chi connectivity index (χ0) is 15.9. The first-order valence-electron chi connectivity index (χ1n) is 6.78. The van der Waals surface area contributed by atoms with Crippen LogP contribution in [0.25, 0.3) is 0 Å². The Bertz CT molecular complexity index is 701. The molecule has 0 spiro atoms. The number of carbonyl (C=O) groups excluding carboxylic acids is 1. The van der Waals surface area contributed by atoms with Crippen LogP contribution in [0, 0.1) is 4.77 Å². The van der Waals surface area contributed by atoms with E-state index in [9.17, 15) is 9.90 Å². The number of rotatable bonds is 7. The van der Waals surface area contributed by atoms with Gasteiger partial charge in [-0.3, -0.25) is 5.14 Å². The van der Waals surface area contributed by atoms with Gasteiger partial charge in [0.05, 0.1) is 5.97 Å². The fraction of sp³-hybridized carbons (Fsp3) is 0.286. The van der Waals surface area contributed by atoms with Gasteiger partial charge in [0.1, 0.15) is 0 Å². The molecule has 0 fully saturated rings. The molecule has 8 heteroatoms. The highest BCUT2D eigenvalue weighted by Crippen LogP contribution is 2.09. The molecular formula is C14H16N4O2S2. The molecule has 1 aromatic heterocycles. The third-order valence-electron chi connectivity index (χ3n) is 3.15. The molecular weight excluding hydrogens is 320 g/mol. The number of nitrogens with two attached hydrogens (primary N) is 1. The van der Waals surface area contributed by atoms with Crippen LogP contribution in [0.3, 0.4) is 0 Å². The molecule has 0 amide bonds. The molecule has 1 aromatic carbocycles. The average molecular weight is 336 g/mol. The van der Waals surface area contributed by atoms with Crippen LogP contribution in [0.2, 0.25) is 0 Å². The highest BCUT2D eigenvalue weighted by atomic mass is 32.2. The van der Waals surface area contributed by atoms with Gasteiger partial charge in [-0.15, -0.1) is 0 Å². The Balaban J connectivity index is 1.83. The summed E-state index contributed by atoms with van der Waals surface area (Å²) in [6, 6.07) is 6.78.